The van der Waals surface area contributed by atoms with Crippen molar-refractivity contribution >= 4 is 15.9 Å². The van der Waals surface area contributed by atoms with Gasteiger partial charge in [-0.3, -0.25) is 0 Å². The molecule has 96 valence electrons. The lowest BCUT2D eigenvalue weighted by Gasteiger charge is -2.15. The second-order valence-electron chi connectivity index (χ2n) is 4.72. The van der Waals surface area contributed by atoms with E-state index in [1.807, 2.05) is 30.5 Å². The Morgan fingerprint density at radius 3 is 2.50 bits per heavy atom. The zero-order valence-electron chi connectivity index (χ0n) is 10.5. The van der Waals surface area contributed by atoms with Crippen LogP contribution in [0, 0.1) is 5.92 Å². The number of nitrogens with one attached hydrogen (secondary N) is 1. The van der Waals surface area contributed by atoms with Crippen molar-refractivity contribution in [3.05, 3.63) is 40.8 Å². The smallest absolute Gasteiger partial charge is 0.112 e. The molecule has 18 heavy (non-hydrogen) atoms. The molecule has 0 saturated carbocycles. The molecule has 0 aliphatic heterocycles. The molecule has 2 rings (SSSR count). The fourth-order valence-electron chi connectivity index (χ4n) is 1.91. The molecular weight excluding hydrogens is 292 g/mol. The Morgan fingerprint density at radius 2 is 1.94 bits per heavy atom. The van der Waals surface area contributed by atoms with Gasteiger partial charge in [0.2, 0.25) is 0 Å². The van der Waals surface area contributed by atoms with Crippen molar-refractivity contribution < 1.29 is 5.11 Å². The molecule has 0 aliphatic rings. The molecule has 1 heterocycles. The molecule has 1 aromatic heterocycles. The van der Waals surface area contributed by atoms with Crippen LogP contribution < -0.4 is 0 Å². The first-order valence-corrected chi connectivity index (χ1v) is 6.83. The number of aliphatic hydroxyl groups is 1. The number of imidazole rings is 1. The Balaban J connectivity index is 2.27. The van der Waals surface area contributed by atoms with E-state index in [1.54, 1.807) is 0 Å². The summed E-state index contributed by atoms with van der Waals surface area (Å²) in [7, 11) is 0. The molecule has 0 bridgehead atoms. The van der Waals surface area contributed by atoms with Gasteiger partial charge in [-0.05, 0) is 23.6 Å². The zero-order chi connectivity index (χ0) is 13.1. The summed E-state index contributed by atoms with van der Waals surface area (Å²) in [4.78, 5) is 7.67. The van der Waals surface area contributed by atoms with E-state index < -0.39 is 0 Å². The lowest BCUT2D eigenvalue weighted by atomic mass is 9.96. The van der Waals surface area contributed by atoms with E-state index in [-0.39, 0.29) is 12.5 Å². The molecule has 0 spiro atoms. The molecule has 0 radical (unpaired) electrons. The number of nitrogens with zero attached hydrogens (tertiary/aromatic N) is 1. The number of halogens is 1. The lowest BCUT2D eigenvalue weighted by molar-refractivity contribution is 0.232. The zero-order valence-corrected chi connectivity index (χ0v) is 12.1. The summed E-state index contributed by atoms with van der Waals surface area (Å²) in [5.74, 6) is 1.28. The van der Waals surface area contributed by atoms with Crippen LogP contribution >= 0.6 is 15.9 Å². The molecule has 1 aromatic carbocycles. The van der Waals surface area contributed by atoms with Crippen molar-refractivity contribution in [3.8, 4) is 11.3 Å². The minimum Gasteiger partial charge on any atom is -0.396 e. The van der Waals surface area contributed by atoms with Crippen LogP contribution in [0.1, 0.15) is 25.6 Å². The van der Waals surface area contributed by atoms with Crippen LogP contribution in [0.2, 0.25) is 0 Å². The summed E-state index contributed by atoms with van der Waals surface area (Å²) in [5, 5.41) is 9.40. The van der Waals surface area contributed by atoms with Gasteiger partial charge in [0, 0.05) is 10.4 Å². The first-order chi connectivity index (χ1) is 8.61. The average Bonchev–Trinajstić information content (AvgIpc) is 2.80. The average molecular weight is 309 g/mol. The van der Waals surface area contributed by atoms with Gasteiger partial charge < -0.3 is 10.1 Å². The fourth-order valence-corrected chi connectivity index (χ4v) is 2.18. The van der Waals surface area contributed by atoms with Gasteiger partial charge >= 0.3 is 0 Å². The Hall–Kier alpha value is -1.13. The van der Waals surface area contributed by atoms with E-state index in [9.17, 15) is 5.11 Å². The molecule has 4 heteroatoms. The van der Waals surface area contributed by atoms with Crippen LogP contribution in [0.4, 0.5) is 0 Å². The molecule has 1 atom stereocenters. The van der Waals surface area contributed by atoms with E-state index in [0.29, 0.717) is 5.92 Å². The van der Waals surface area contributed by atoms with Crippen molar-refractivity contribution in [2.45, 2.75) is 19.8 Å². The highest BCUT2D eigenvalue weighted by atomic mass is 79.9. The largest absolute Gasteiger partial charge is 0.396 e. The maximum Gasteiger partial charge on any atom is 0.112 e. The van der Waals surface area contributed by atoms with Gasteiger partial charge in [0.05, 0.1) is 18.5 Å². The quantitative estimate of drug-likeness (QED) is 0.907. The maximum absolute atomic E-state index is 9.40. The number of H-pyrrole nitrogens is 1. The number of benzene rings is 1. The number of aliphatic hydroxyl groups excluding tert-OH is 1. The van der Waals surface area contributed by atoms with Crippen molar-refractivity contribution in [2.24, 2.45) is 5.92 Å². The minimum atomic E-state index is 0.0641. The van der Waals surface area contributed by atoms with E-state index in [0.717, 1.165) is 21.6 Å². The second-order valence-corrected chi connectivity index (χ2v) is 5.64. The third kappa shape index (κ3) is 2.82. The fraction of sp³-hybridized carbons (Fsp3) is 0.357. The highest BCUT2D eigenvalue weighted by Gasteiger charge is 2.18. The van der Waals surface area contributed by atoms with Crippen molar-refractivity contribution in [2.75, 3.05) is 6.61 Å². The highest BCUT2D eigenvalue weighted by molar-refractivity contribution is 9.10. The Morgan fingerprint density at radius 1 is 1.28 bits per heavy atom. The lowest BCUT2D eigenvalue weighted by Crippen LogP contribution is -2.12. The number of hydrogen-bond acceptors (Lipinski definition) is 2. The van der Waals surface area contributed by atoms with Crippen LogP contribution in [0.3, 0.4) is 0 Å². The van der Waals surface area contributed by atoms with Crippen LogP contribution in [0.15, 0.2) is 34.9 Å². The van der Waals surface area contributed by atoms with Gasteiger partial charge in [-0.25, -0.2) is 4.98 Å². The van der Waals surface area contributed by atoms with Crippen molar-refractivity contribution in [3.63, 3.8) is 0 Å². The maximum atomic E-state index is 9.40. The first kappa shape index (κ1) is 13.3. The molecule has 0 fully saturated rings. The van der Waals surface area contributed by atoms with E-state index in [1.165, 1.54) is 0 Å². The summed E-state index contributed by atoms with van der Waals surface area (Å²) < 4.78 is 1.06. The van der Waals surface area contributed by atoms with Crippen molar-refractivity contribution in [1.82, 2.24) is 9.97 Å². The molecule has 3 nitrogen and oxygen atoms in total. The number of rotatable bonds is 4. The summed E-state index contributed by atoms with van der Waals surface area (Å²) in [6, 6.07) is 8.07. The molecular formula is C14H17BrN2O. The topological polar surface area (TPSA) is 48.9 Å². The third-order valence-corrected chi connectivity index (χ3v) is 3.63. The van der Waals surface area contributed by atoms with Gasteiger partial charge in [0.15, 0.2) is 0 Å². The summed E-state index contributed by atoms with van der Waals surface area (Å²) in [6.07, 6.45) is 1.82. The van der Waals surface area contributed by atoms with Crippen LogP contribution in [-0.4, -0.2) is 21.7 Å². The molecule has 0 saturated heterocycles. The van der Waals surface area contributed by atoms with Crippen molar-refractivity contribution in [1.29, 1.82) is 0 Å². The summed E-state index contributed by atoms with van der Waals surface area (Å²) in [6.45, 7) is 4.29. The normalized spacial score (nSPS) is 12.9. The first-order valence-electron chi connectivity index (χ1n) is 6.03. The molecule has 0 aliphatic carbocycles. The second kappa shape index (κ2) is 5.67. The highest BCUT2D eigenvalue weighted by Crippen LogP contribution is 2.25. The van der Waals surface area contributed by atoms with Gasteiger partial charge in [-0.2, -0.15) is 0 Å². The van der Waals surface area contributed by atoms with E-state index >= 15 is 0 Å². The number of aromatic amines is 1. The number of hydrogen-bond donors (Lipinski definition) is 2. The Kier molecular flexibility index (Phi) is 4.19. The molecule has 1 unspecified atom stereocenters. The van der Waals surface area contributed by atoms with Crippen LogP contribution in [0.5, 0.6) is 0 Å². The van der Waals surface area contributed by atoms with Gasteiger partial charge in [0.1, 0.15) is 5.82 Å². The van der Waals surface area contributed by atoms with Gasteiger partial charge in [-0.1, -0.05) is 41.9 Å². The SMILES string of the molecule is CC(C)C(CO)c1ncc(-c2ccc(Br)cc2)[nH]1. The van der Waals surface area contributed by atoms with Gasteiger partial charge in [-0.15, -0.1) is 0 Å². The predicted octanol–water partition coefficient (Wildman–Crippen LogP) is 3.57. The molecule has 2 N–H and O–H groups in total. The minimum absolute atomic E-state index is 0.0641. The number of aromatic nitrogens is 2. The van der Waals surface area contributed by atoms with E-state index in [4.69, 9.17) is 0 Å². The molecule has 0 amide bonds. The summed E-state index contributed by atoms with van der Waals surface area (Å²) in [5.41, 5.74) is 2.08. The summed E-state index contributed by atoms with van der Waals surface area (Å²) >= 11 is 3.42. The van der Waals surface area contributed by atoms with Crippen LogP contribution in [0.25, 0.3) is 11.3 Å². The van der Waals surface area contributed by atoms with Gasteiger partial charge in [0.25, 0.3) is 0 Å². The third-order valence-electron chi connectivity index (χ3n) is 3.10. The Bertz CT molecular complexity index is 505. The monoisotopic (exact) mass is 308 g/mol. The predicted molar refractivity (Wildman–Crippen MR) is 76.4 cm³/mol. The van der Waals surface area contributed by atoms with Crippen LogP contribution in [-0.2, 0) is 0 Å². The van der Waals surface area contributed by atoms with E-state index in [2.05, 4.69) is 39.7 Å². The standard InChI is InChI=1S/C14H17BrN2O/c1-9(2)12(8-18)14-16-7-13(17-14)10-3-5-11(15)6-4-10/h3-7,9,12,18H,8H2,1-2H3,(H,16,17). The Labute approximate surface area is 115 Å². The molecule has 2 aromatic rings.